The first-order chi connectivity index (χ1) is 11.2. The van der Waals surface area contributed by atoms with Gasteiger partial charge in [0.05, 0.1) is 34.1 Å². The summed E-state index contributed by atoms with van der Waals surface area (Å²) < 4.78 is 12.5. The molecule has 0 fully saturated rings. The Morgan fingerprint density at radius 3 is 1.29 bits per heavy atom. The van der Waals surface area contributed by atoms with Gasteiger partial charge in [-0.25, -0.2) is 0 Å². The maximum absolute atomic E-state index is 6.26. The summed E-state index contributed by atoms with van der Waals surface area (Å²) in [6, 6.07) is 9.35. The Balaban J connectivity index is 0.00000254. The van der Waals surface area contributed by atoms with E-state index in [9.17, 15) is 0 Å². The molecule has 0 aliphatic heterocycles. The van der Waals surface area contributed by atoms with Crippen molar-refractivity contribution in [2.45, 2.75) is 78.0 Å². The fraction of sp³-hybridized carbons (Fsp3) is 0.667. The van der Waals surface area contributed by atoms with Gasteiger partial charge in [0.25, 0.3) is 0 Å². The van der Waals surface area contributed by atoms with Crippen LogP contribution in [0.25, 0.3) is 0 Å². The van der Waals surface area contributed by atoms with Crippen LogP contribution in [0.5, 0.6) is 11.5 Å². The second-order valence-corrected chi connectivity index (χ2v) is 13.6. The average molecular weight is 485 g/mol. The summed E-state index contributed by atoms with van der Waals surface area (Å²) in [6.45, 7) is 17.9. The van der Waals surface area contributed by atoms with Crippen LogP contribution < -0.4 is 9.05 Å². The molecule has 142 valence electrons. The van der Waals surface area contributed by atoms with Crippen LogP contribution in [0.15, 0.2) is 18.2 Å². The Bertz CT molecular complexity index is 403. The zero-order chi connectivity index (χ0) is 18.9. The fourth-order valence-electron chi connectivity index (χ4n) is 2.61. The van der Waals surface area contributed by atoms with Gasteiger partial charge in [0.1, 0.15) is 0 Å². The van der Waals surface area contributed by atoms with E-state index in [-0.39, 0.29) is 0 Å². The third-order valence-corrected chi connectivity index (χ3v) is 8.94. The van der Waals surface area contributed by atoms with Crippen molar-refractivity contribution in [3.05, 3.63) is 24.3 Å². The van der Waals surface area contributed by atoms with Crippen molar-refractivity contribution in [1.82, 2.24) is 0 Å². The molecule has 0 atom stereocenters. The van der Waals surface area contributed by atoms with Crippen LogP contribution in [0.4, 0.5) is 0 Å². The van der Waals surface area contributed by atoms with Crippen LogP contribution >= 0.6 is 25.8 Å². The SMILES string of the molecule is CC(C)[PH+](Oc1[c-]c(O[PH+](C(C)C)C(C)C)ccc1)C(C)C.[Cl][Pd+]. The van der Waals surface area contributed by atoms with Crippen molar-refractivity contribution in [3.63, 3.8) is 0 Å². The van der Waals surface area contributed by atoms with E-state index in [2.05, 4.69) is 89.2 Å². The monoisotopic (exact) mass is 484 g/mol. The zero-order valence-corrected chi connectivity index (χ0v) is 20.4. The Hall–Kier alpha value is 0.632. The number of hydrogen-bond acceptors (Lipinski definition) is 2. The molecule has 0 spiro atoms. The van der Waals surface area contributed by atoms with Crippen LogP contribution in [0, 0.1) is 6.07 Å². The van der Waals surface area contributed by atoms with E-state index in [1.807, 2.05) is 18.2 Å². The van der Waals surface area contributed by atoms with Crippen molar-refractivity contribution in [1.29, 1.82) is 0 Å². The number of benzene rings is 1. The van der Waals surface area contributed by atoms with Gasteiger partial charge in [0.15, 0.2) is 16.3 Å². The predicted octanol–water partition coefficient (Wildman–Crippen LogP) is 6.82. The van der Waals surface area contributed by atoms with E-state index < -0.39 is 16.3 Å². The molecule has 0 aliphatic rings. The second kappa shape index (κ2) is 12.9. The van der Waals surface area contributed by atoms with Crippen molar-refractivity contribution in [2.24, 2.45) is 0 Å². The molecule has 0 aliphatic carbocycles. The fourth-order valence-corrected chi connectivity index (χ4v) is 6.96. The van der Waals surface area contributed by atoms with E-state index in [1.54, 1.807) is 0 Å². The van der Waals surface area contributed by atoms with Crippen LogP contribution in [-0.4, -0.2) is 22.6 Å². The Morgan fingerprint density at radius 2 is 1.04 bits per heavy atom. The van der Waals surface area contributed by atoms with Gasteiger partial charge in [0, 0.05) is 0 Å². The van der Waals surface area contributed by atoms with Gasteiger partial charge in [0.2, 0.25) is 0 Å². The van der Waals surface area contributed by atoms with E-state index in [4.69, 9.17) is 9.05 Å². The van der Waals surface area contributed by atoms with Gasteiger partial charge < -0.3 is 9.05 Å². The third kappa shape index (κ3) is 8.83. The predicted molar refractivity (Wildman–Crippen MR) is 110 cm³/mol. The molecule has 1 aromatic rings. The summed E-state index contributed by atoms with van der Waals surface area (Å²) in [5, 5.41) is 0. The molecule has 24 heavy (non-hydrogen) atoms. The standard InChI is InChI=1S/C18H31O2P2.ClH.Pd/c1-13(2)21(14(3)4)19-17-10-9-11-18(12-17)20-22(15(5)6)16(7)8;;/h9-11,13-16H,1-8H3;1H;/q-1;;+2/p+1. The molecule has 1 rings (SSSR count). The molecule has 0 heterocycles. The van der Waals surface area contributed by atoms with Crippen molar-refractivity contribution in [3.8, 4) is 11.5 Å². The first-order valence-electron chi connectivity index (χ1n) is 8.45. The van der Waals surface area contributed by atoms with Crippen molar-refractivity contribution >= 4 is 25.8 Å². The van der Waals surface area contributed by atoms with Gasteiger partial charge in [-0.1, -0.05) is 6.07 Å². The third-order valence-electron chi connectivity index (χ3n) is 3.47. The zero-order valence-electron chi connectivity index (χ0n) is 16.1. The van der Waals surface area contributed by atoms with Gasteiger partial charge in [-0.15, -0.1) is 12.1 Å². The van der Waals surface area contributed by atoms with Crippen LogP contribution in [0.2, 0.25) is 0 Å². The van der Waals surface area contributed by atoms with Crippen molar-refractivity contribution in [2.75, 3.05) is 0 Å². The van der Waals surface area contributed by atoms with E-state index >= 15 is 0 Å². The summed E-state index contributed by atoms with van der Waals surface area (Å²) in [5.74, 6) is 1.67. The van der Waals surface area contributed by atoms with Crippen LogP contribution in [-0.2, 0) is 18.2 Å². The molecule has 0 bridgehead atoms. The normalized spacial score (nSPS) is 11.5. The Labute approximate surface area is 166 Å². The second-order valence-electron chi connectivity index (χ2n) is 7.01. The minimum atomic E-state index is -0.886. The first-order valence-corrected chi connectivity index (χ1v) is 13.6. The minimum absolute atomic E-state index is 0.578. The topological polar surface area (TPSA) is 18.5 Å². The van der Waals surface area contributed by atoms with E-state index in [0.29, 0.717) is 22.6 Å². The number of hydrogen-bond donors (Lipinski definition) is 0. The van der Waals surface area contributed by atoms with Crippen molar-refractivity contribution < 1.29 is 27.2 Å². The molecule has 2 nitrogen and oxygen atoms in total. The molecule has 0 radical (unpaired) electrons. The molecule has 0 N–H and O–H groups in total. The molecular formula is C18H33ClO2P2Pd+2. The van der Waals surface area contributed by atoms with E-state index in [0.717, 1.165) is 11.5 Å². The molecule has 1 aromatic carbocycles. The Kier molecular flexibility index (Phi) is 13.2. The molecule has 0 amide bonds. The maximum atomic E-state index is 6.26. The summed E-state index contributed by atoms with van der Waals surface area (Å²) >= 11 is 2.22. The molecule has 0 unspecified atom stereocenters. The number of rotatable bonds is 8. The summed E-state index contributed by atoms with van der Waals surface area (Å²) in [7, 11) is 2.72. The summed E-state index contributed by atoms with van der Waals surface area (Å²) in [5.41, 5.74) is 2.31. The summed E-state index contributed by atoms with van der Waals surface area (Å²) in [6.07, 6.45) is 0. The molecule has 0 aromatic heterocycles. The van der Waals surface area contributed by atoms with Crippen LogP contribution in [0.1, 0.15) is 55.4 Å². The quantitative estimate of drug-likeness (QED) is 0.229. The molecular weight excluding hydrogens is 452 g/mol. The van der Waals surface area contributed by atoms with Gasteiger partial charge >= 0.3 is 27.7 Å². The first kappa shape index (κ1) is 24.6. The van der Waals surface area contributed by atoms with Crippen LogP contribution in [0.3, 0.4) is 0 Å². The van der Waals surface area contributed by atoms with Gasteiger partial charge in [-0.05, 0) is 55.4 Å². The molecule has 6 heteroatoms. The van der Waals surface area contributed by atoms with Gasteiger partial charge in [-0.3, -0.25) is 0 Å². The number of halogens is 1. The molecule has 0 saturated heterocycles. The Morgan fingerprint density at radius 1 is 0.750 bits per heavy atom. The van der Waals surface area contributed by atoms with Gasteiger partial charge in [-0.2, -0.15) is 6.07 Å². The molecule has 0 saturated carbocycles. The average Bonchev–Trinajstić information content (AvgIpc) is 2.51. The summed E-state index contributed by atoms with van der Waals surface area (Å²) in [4.78, 5) is 0. The van der Waals surface area contributed by atoms with E-state index in [1.165, 1.54) is 0 Å².